The molecule has 1 atom stereocenters. The normalized spacial score (nSPS) is 24.0. The third kappa shape index (κ3) is 5.10. The van der Waals surface area contributed by atoms with Crippen LogP contribution in [-0.2, 0) is 14.3 Å². The minimum atomic E-state index is -0.0617. The summed E-state index contributed by atoms with van der Waals surface area (Å²) in [5.74, 6) is 0.0750. The molecule has 2 aliphatic rings. The third-order valence-corrected chi connectivity index (χ3v) is 4.72. The molecule has 0 aromatic rings. The fraction of sp³-hybridized carbons (Fsp3) is 0.833. The van der Waals surface area contributed by atoms with Gasteiger partial charge in [-0.1, -0.05) is 32.3 Å². The van der Waals surface area contributed by atoms with E-state index < -0.39 is 0 Å². The van der Waals surface area contributed by atoms with E-state index in [1.165, 1.54) is 5.57 Å². The highest BCUT2D eigenvalue weighted by molar-refractivity contribution is 5.88. The number of ether oxygens (including phenoxy) is 2. The van der Waals surface area contributed by atoms with Gasteiger partial charge in [-0.15, -0.1) is 0 Å². The Bertz CT molecular complexity index is 372. The molecule has 1 spiro atoms. The maximum absolute atomic E-state index is 12.3. The monoisotopic (exact) mass is 309 g/mol. The maximum Gasteiger partial charge on any atom is 0.244 e. The lowest BCUT2D eigenvalue weighted by molar-refractivity contribution is -0.143. The topological polar surface area (TPSA) is 47.6 Å². The first-order valence-electron chi connectivity index (χ1n) is 8.89. The Labute approximate surface area is 134 Å². The van der Waals surface area contributed by atoms with Gasteiger partial charge in [-0.3, -0.25) is 4.79 Å². The second kappa shape index (κ2) is 8.68. The van der Waals surface area contributed by atoms with Gasteiger partial charge in [-0.2, -0.15) is 0 Å². The molecule has 0 aliphatic carbocycles. The van der Waals surface area contributed by atoms with E-state index in [1.54, 1.807) is 0 Å². The third-order valence-electron chi connectivity index (χ3n) is 4.72. The predicted molar refractivity (Wildman–Crippen MR) is 87.8 cm³/mol. The Hall–Kier alpha value is -0.870. The van der Waals surface area contributed by atoms with Crippen LogP contribution in [0.2, 0.25) is 0 Å². The SMILES string of the molecule is CCCC(=CC(=O)NC1CCOC2(CCOCC2)C1)CCC. The summed E-state index contributed by atoms with van der Waals surface area (Å²) in [6.07, 6.45) is 9.81. The van der Waals surface area contributed by atoms with E-state index in [4.69, 9.17) is 9.47 Å². The molecule has 1 amide bonds. The minimum Gasteiger partial charge on any atom is -0.381 e. The van der Waals surface area contributed by atoms with E-state index in [9.17, 15) is 4.79 Å². The highest BCUT2D eigenvalue weighted by Gasteiger charge is 2.39. The van der Waals surface area contributed by atoms with E-state index in [2.05, 4.69) is 19.2 Å². The Morgan fingerprint density at radius 3 is 2.50 bits per heavy atom. The summed E-state index contributed by atoms with van der Waals surface area (Å²) in [5.41, 5.74) is 1.21. The molecular formula is C18H31NO3. The van der Waals surface area contributed by atoms with Gasteiger partial charge in [0.15, 0.2) is 0 Å². The molecule has 2 aliphatic heterocycles. The van der Waals surface area contributed by atoms with Crippen LogP contribution in [0, 0.1) is 0 Å². The highest BCUT2D eigenvalue weighted by atomic mass is 16.5. The van der Waals surface area contributed by atoms with Crippen molar-refractivity contribution in [2.24, 2.45) is 0 Å². The molecule has 0 bridgehead atoms. The molecule has 2 saturated heterocycles. The largest absolute Gasteiger partial charge is 0.381 e. The molecule has 2 rings (SSSR count). The summed E-state index contributed by atoms with van der Waals surface area (Å²) in [4.78, 5) is 12.3. The molecular weight excluding hydrogens is 278 g/mol. The summed E-state index contributed by atoms with van der Waals surface area (Å²) in [6, 6.07) is 0.236. The van der Waals surface area contributed by atoms with E-state index in [0.717, 1.165) is 71.2 Å². The first kappa shape index (κ1) is 17.5. The van der Waals surface area contributed by atoms with E-state index in [-0.39, 0.29) is 17.6 Å². The second-order valence-electron chi connectivity index (χ2n) is 6.64. The van der Waals surface area contributed by atoms with Gasteiger partial charge in [-0.25, -0.2) is 0 Å². The summed E-state index contributed by atoms with van der Waals surface area (Å²) < 4.78 is 11.5. The molecule has 2 heterocycles. The van der Waals surface area contributed by atoms with Crippen LogP contribution in [-0.4, -0.2) is 37.4 Å². The molecule has 0 aromatic heterocycles. The smallest absolute Gasteiger partial charge is 0.244 e. The summed E-state index contributed by atoms with van der Waals surface area (Å²) in [6.45, 7) is 6.62. The standard InChI is InChI=1S/C18H31NO3/c1-3-5-15(6-4-2)13-17(20)19-16-7-10-22-18(14-16)8-11-21-12-9-18/h13,16H,3-12,14H2,1-2H3,(H,19,20). The Morgan fingerprint density at radius 2 is 1.86 bits per heavy atom. The van der Waals surface area contributed by atoms with Gasteiger partial charge >= 0.3 is 0 Å². The van der Waals surface area contributed by atoms with Gasteiger partial charge in [0.1, 0.15) is 0 Å². The Morgan fingerprint density at radius 1 is 1.18 bits per heavy atom. The van der Waals surface area contributed by atoms with Gasteiger partial charge in [0, 0.05) is 31.9 Å². The van der Waals surface area contributed by atoms with Crippen LogP contribution in [0.3, 0.4) is 0 Å². The number of hydrogen-bond donors (Lipinski definition) is 1. The summed E-state index contributed by atoms with van der Waals surface area (Å²) in [7, 11) is 0. The van der Waals surface area contributed by atoms with Crippen LogP contribution < -0.4 is 5.32 Å². The maximum atomic E-state index is 12.3. The van der Waals surface area contributed by atoms with Gasteiger partial charge in [0.2, 0.25) is 5.91 Å². The minimum absolute atomic E-state index is 0.0617. The number of hydrogen-bond acceptors (Lipinski definition) is 3. The van der Waals surface area contributed by atoms with Crippen LogP contribution in [0.1, 0.15) is 65.2 Å². The van der Waals surface area contributed by atoms with Crippen molar-refractivity contribution in [2.45, 2.75) is 76.9 Å². The van der Waals surface area contributed by atoms with Crippen LogP contribution in [0.4, 0.5) is 0 Å². The van der Waals surface area contributed by atoms with Gasteiger partial charge in [0.05, 0.1) is 5.60 Å². The quantitative estimate of drug-likeness (QED) is 0.765. The molecule has 0 radical (unpaired) electrons. The van der Waals surface area contributed by atoms with E-state index in [1.807, 2.05) is 6.08 Å². The van der Waals surface area contributed by atoms with Crippen LogP contribution in [0.5, 0.6) is 0 Å². The van der Waals surface area contributed by atoms with E-state index >= 15 is 0 Å². The van der Waals surface area contributed by atoms with Crippen LogP contribution >= 0.6 is 0 Å². The molecule has 1 N–H and O–H groups in total. The molecule has 22 heavy (non-hydrogen) atoms. The highest BCUT2D eigenvalue weighted by Crippen LogP contribution is 2.34. The average molecular weight is 309 g/mol. The Balaban J connectivity index is 1.88. The van der Waals surface area contributed by atoms with E-state index in [0.29, 0.717) is 0 Å². The van der Waals surface area contributed by atoms with Crippen molar-refractivity contribution >= 4 is 5.91 Å². The molecule has 0 saturated carbocycles. The lowest BCUT2D eigenvalue weighted by Gasteiger charge is -2.43. The number of nitrogens with one attached hydrogen (secondary N) is 1. The number of amides is 1. The van der Waals surface area contributed by atoms with Crippen LogP contribution in [0.25, 0.3) is 0 Å². The zero-order valence-electron chi connectivity index (χ0n) is 14.2. The van der Waals surface area contributed by atoms with Gasteiger partial charge < -0.3 is 14.8 Å². The Kier molecular flexibility index (Phi) is 6.90. The first-order valence-corrected chi connectivity index (χ1v) is 8.89. The zero-order chi connectivity index (χ0) is 15.8. The number of allylic oxidation sites excluding steroid dienone is 1. The molecule has 4 nitrogen and oxygen atoms in total. The molecule has 0 aromatic carbocycles. The lowest BCUT2D eigenvalue weighted by atomic mass is 9.84. The number of carbonyl (C=O) groups is 1. The van der Waals surface area contributed by atoms with Crippen molar-refractivity contribution in [1.82, 2.24) is 5.32 Å². The van der Waals surface area contributed by atoms with Crippen LogP contribution in [0.15, 0.2) is 11.6 Å². The zero-order valence-corrected chi connectivity index (χ0v) is 14.2. The summed E-state index contributed by atoms with van der Waals surface area (Å²) >= 11 is 0. The number of rotatable bonds is 6. The van der Waals surface area contributed by atoms with Gasteiger partial charge in [0.25, 0.3) is 0 Å². The van der Waals surface area contributed by atoms with Crippen molar-refractivity contribution in [1.29, 1.82) is 0 Å². The van der Waals surface area contributed by atoms with Crippen molar-refractivity contribution in [2.75, 3.05) is 19.8 Å². The fourth-order valence-corrected chi connectivity index (χ4v) is 3.58. The summed E-state index contributed by atoms with van der Waals surface area (Å²) in [5, 5.41) is 3.20. The van der Waals surface area contributed by atoms with Gasteiger partial charge in [-0.05, 0) is 38.5 Å². The predicted octanol–water partition coefficient (Wildman–Crippen LogP) is 3.36. The number of carbonyl (C=O) groups excluding carboxylic acids is 1. The molecule has 126 valence electrons. The second-order valence-corrected chi connectivity index (χ2v) is 6.64. The fourth-order valence-electron chi connectivity index (χ4n) is 3.58. The lowest BCUT2D eigenvalue weighted by Crippen LogP contribution is -2.50. The van der Waals surface area contributed by atoms with Crippen molar-refractivity contribution in [3.05, 3.63) is 11.6 Å². The van der Waals surface area contributed by atoms with Crippen molar-refractivity contribution < 1.29 is 14.3 Å². The molecule has 1 unspecified atom stereocenters. The van der Waals surface area contributed by atoms with Crippen molar-refractivity contribution in [3.63, 3.8) is 0 Å². The molecule has 2 fully saturated rings. The van der Waals surface area contributed by atoms with Crippen molar-refractivity contribution in [3.8, 4) is 0 Å². The average Bonchev–Trinajstić information content (AvgIpc) is 2.48. The molecule has 4 heteroatoms. The first-order chi connectivity index (χ1) is 10.7.